The van der Waals surface area contributed by atoms with Crippen molar-refractivity contribution in [1.29, 1.82) is 0 Å². The number of hydrogen-bond acceptors (Lipinski definition) is 4. The van der Waals surface area contributed by atoms with E-state index in [4.69, 9.17) is 5.73 Å². The van der Waals surface area contributed by atoms with Gasteiger partial charge in [-0.2, -0.15) is 5.10 Å². The highest BCUT2D eigenvalue weighted by Crippen LogP contribution is 2.19. The summed E-state index contributed by atoms with van der Waals surface area (Å²) >= 11 is 0. The van der Waals surface area contributed by atoms with Crippen molar-refractivity contribution in [2.45, 2.75) is 6.92 Å². The van der Waals surface area contributed by atoms with Gasteiger partial charge >= 0.3 is 5.97 Å². The third-order valence-electron chi connectivity index (χ3n) is 2.41. The van der Waals surface area contributed by atoms with Crippen molar-refractivity contribution in [2.75, 3.05) is 12.8 Å². The molecule has 0 unspecified atom stereocenters. The van der Waals surface area contributed by atoms with Crippen LogP contribution in [0.3, 0.4) is 0 Å². The van der Waals surface area contributed by atoms with E-state index in [-0.39, 0.29) is 0 Å². The van der Waals surface area contributed by atoms with Crippen molar-refractivity contribution in [2.24, 2.45) is 0 Å². The maximum absolute atomic E-state index is 11.3. The van der Waals surface area contributed by atoms with Crippen molar-refractivity contribution >= 4 is 11.7 Å². The van der Waals surface area contributed by atoms with E-state index >= 15 is 0 Å². The van der Waals surface area contributed by atoms with E-state index in [0.29, 0.717) is 11.3 Å². The first-order valence-electron chi connectivity index (χ1n) is 5.11. The number of carbonyl (C=O) groups excluding carboxylic acids is 1. The fourth-order valence-corrected chi connectivity index (χ4v) is 1.55. The molecule has 0 aliphatic rings. The molecule has 0 saturated carbocycles. The van der Waals surface area contributed by atoms with Gasteiger partial charge in [0.05, 0.1) is 30.2 Å². The molecule has 5 nitrogen and oxygen atoms in total. The van der Waals surface area contributed by atoms with Gasteiger partial charge in [0.1, 0.15) is 0 Å². The first-order valence-corrected chi connectivity index (χ1v) is 5.11. The van der Waals surface area contributed by atoms with Gasteiger partial charge in [0.15, 0.2) is 0 Å². The van der Waals surface area contributed by atoms with Gasteiger partial charge in [0.25, 0.3) is 0 Å². The van der Waals surface area contributed by atoms with E-state index in [1.807, 2.05) is 13.1 Å². The number of anilines is 1. The minimum atomic E-state index is -0.403. The lowest BCUT2D eigenvalue weighted by atomic mass is 10.2. The molecule has 0 spiro atoms. The molecule has 0 radical (unpaired) electrons. The van der Waals surface area contributed by atoms with Gasteiger partial charge in [-0.1, -0.05) is 0 Å². The van der Waals surface area contributed by atoms with Crippen molar-refractivity contribution in [3.05, 3.63) is 41.7 Å². The van der Waals surface area contributed by atoms with E-state index in [2.05, 4.69) is 9.84 Å². The Morgan fingerprint density at radius 2 is 2.24 bits per heavy atom. The first kappa shape index (κ1) is 11.2. The first-order chi connectivity index (χ1) is 8.11. The summed E-state index contributed by atoms with van der Waals surface area (Å²) in [5.74, 6) is -0.403. The van der Waals surface area contributed by atoms with E-state index in [9.17, 15) is 4.79 Å². The molecule has 0 fully saturated rings. The zero-order valence-electron chi connectivity index (χ0n) is 9.68. The van der Waals surface area contributed by atoms with Crippen LogP contribution in [0, 0.1) is 6.92 Å². The lowest BCUT2D eigenvalue weighted by Gasteiger charge is -2.07. The summed E-state index contributed by atoms with van der Waals surface area (Å²) in [5, 5.41) is 4.16. The Bertz CT molecular complexity index is 561. The Morgan fingerprint density at radius 3 is 2.76 bits per heavy atom. The topological polar surface area (TPSA) is 70.1 Å². The fraction of sp³-hybridized carbons (Fsp3) is 0.167. The summed E-state index contributed by atoms with van der Waals surface area (Å²) in [6.07, 6.45) is 3.61. The van der Waals surface area contributed by atoms with Crippen LogP contribution in [0.15, 0.2) is 30.6 Å². The number of nitrogen functional groups attached to an aromatic ring is 1. The number of aryl methyl sites for hydroxylation is 1. The molecule has 17 heavy (non-hydrogen) atoms. The highest BCUT2D eigenvalue weighted by Gasteiger charge is 2.09. The van der Waals surface area contributed by atoms with Crippen LogP contribution in [0.2, 0.25) is 0 Å². The van der Waals surface area contributed by atoms with Gasteiger partial charge in [-0.15, -0.1) is 0 Å². The molecule has 0 aliphatic heterocycles. The highest BCUT2D eigenvalue weighted by atomic mass is 16.5. The van der Waals surface area contributed by atoms with Crippen LogP contribution in [-0.2, 0) is 4.74 Å². The lowest BCUT2D eigenvalue weighted by molar-refractivity contribution is 0.0601. The van der Waals surface area contributed by atoms with Crippen molar-refractivity contribution in [3.8, 4) is 5.69 Å². The number of benzene rings is 1. The summed E-state index contributed by atoms with van der Waals surface area (Å²) in [7, 11) is 1.34. The third-order valence-corrected chi connectivity index (χ3v) is 2.41. The smallest absolute Gasteiger partial charge is 0.337 e. The molecule has 1 aromatic heterocycles. The van der Waals surface area contributed by atoms with Crippen molar-refractivity contribution < 1.29 is 9.53 Å². The monoisotopic (exact) mass is 231 g/mol. The number of aromatic nitrogens is 2. The predicted molar refractivity (Wildman–Crippen MR) is 64.1 cm³/mol. The predicted octanol–water partition coefficient (Wildman–Crippen LogP) is 1.55. The molecule has 2 rings (SSSR count). The molecule has 5 heteroatoms. The molecule has 0 amide bonds. The summed E-state index contributed by atoms with van der Waals surface area (Å²) < 4.78 is 6.30. The minimum absolute atomic E-state index is 0.403. The number of nitrogens with zero attached hydrogens (tertiary/aromatic N) is 2. The fourth-order valence-electron chi connectivity index (χ4n) is 1.55. The largest absolute Gasteiger partial charge is 0.465 e. The summed E-state index contributed by atoms with van der Waals surface area (Å²) in [5.41, 5.74) is 8.58. The minimum Gasteiger partial charge on any atom is -0.465 e. The lowest BCUT2D eigenvalue weighted by Crippen LogP contribution is -2.05. The average molecular weight is 231 g/mol. The van der Waals surface area contributed by atoms with E-state index in [1.165, 1.54) is 7.11 Å². The van der Waals surface area contributed by atoms with E-state index in [0.717, 1.165) is 11.3 Å². The standard InChI is InChI=1S/C12H13N3O2/c1-8-6-14-15(7-8)11-4-3-9(5-10(11)13)12(16)17-2/h3-7H,13H2,1-2H3. The molecule has 0 aliphatic carbocycles. The Labute approximate surface area is 98.8 Å². The summed E-state index contributed by atoms with van der Waals surface area (Å²) in [6.45, 7) is 1.95. The average Bonchev–Trinajstić information content (AvgIpc) is 2.74. The zero-order valence-corrected chi connectivity index (χ0v) is 9.68. The normalized spacial score (nSPS) is 10.2. The molecule has 2 N–H and O–H groups in total. The van der Waals surface area contributed by atoms with Gasteiger partial charge in [-0.05, 0) is 30.7 Å². The molecular weight excluding hydrogens is 218 g/mol. The van der Waals surface area contributed by atoms with Gasteiger partial charge in [-0.25, -0.2) is 9.48 Å². The van der Waals surface area contributed by atoms with Crippen LogP contribution in [0.25, 0.3) is 5.69 Å². The molecule has 2 aromatic rings. The Hall–Kier alpha value is -2.30. The second-order valence-corrected chi connectivity index (χ2v) is 3.73. The molecular formula is C12H13N3O2. The number of nitrogens with two attached hydrogens (primary N) is 1. The van der Waals surface area contributed by atoms with Crippen LogP contribution in [0.1, 0.15) is 15.9 Å². The zero-order chi connectivity index (χ0) is 12.4. The maximum atomic E-state index is 11.3. The number of hydrogen-bond donors (Lipinski definition) is 1. The SMILES string of the molecule is COC(=O)c1ccc(-n2cc(C)cn2)c(N)c1. The number of rotatable bonds is 2. The van der Waals surface area contributed by atoms with Crippen LogP contribution in [-0.4, -0.2) is 22.9 Å². The van der Waals surface area contributed by atoms with Crippen LogP contribution >= 0.6 is 0 Å². The van der Waals surface area contributed by atoms with Gasteiger partial charge in [-0.3, -0.25) is 0 Å². The van der Waals surface area contributed by atoms with Gasteiger partial charge < -0.3 is 10.5 Å². The Morgan fingerprint density at radius 1 is 1.47 bits per heavy atom. The molecule has 1 heterocycles. The van der Waals surface area contributed by atoms with Crippen LogP contribution < -0.4 is 5.73 Å². The van der Waals surface area contributed by atoms with Gasteiger partial charge in [0, 0.05) is 6.20 Å². The number of methoxy groups -OCH3 is 1. The Kier molecular flexibility index (Phi) is 2.82. The van der Waals surface area contributed by atoms with Crippen LogP contribution in [0.5, 0.6) is 0 Å². The van der Waals surface area contributed by atoms with E-state index < -0.39 is 5.97 Å². The highest BCUT2D eigenvalue weighted by molar-refractivity contribution is 5.91. The number of esters is 1. The summed E-state index contributed by atoms with van der Waals surface area (Å²) in [4.78, 5) is 11.3. The molecule has 0 bridgehead atoms. The second-order valence-electron chi connectivity index (χ2n) is 3.73. The molecule has 88 valence electrons. The van der Waals surface area contributed by atoms with E-state index in [1.54, 1.807) is 29.1 Å². The molecule has 1 aromatic carbocycles. The molecule has 0 saturated heterocycles. The van der Waals surface area contributed by atoms with Crippen LogP contribution in [0.4, 0.5) is 5.69 Å². The summed E-state index contributed by atoms with van der Waals surface area (Å²) in [6, 6.07) is 4.99. The third kappa shape index (κ3) is 2.13. The van der Waals surface area contributed by atoms with Gasteiger partial charge in [0.2, 0.25) is 0 Å². The Balaban J connectivity index is 2.41. The maximum Gasteiger partial charge on any atom is 0.337 e. The van der Waals surface area contributed by atoms with Crippen molar-refractivity contribution in [1.82, 2.24) is 9.78 Å². The number of carbonyl (C=O) groups is 1. The second kappa shape index (κ2) is 4.29. The number of ether oxygens (including phenoxy) is 1. The molecule has 0 atom stereocenters. The quantitative estimate of drug-likeness (QED) is 0.628. The van der Waals surface area contributed by atoms with Crippen molar-refractivity contribution in [3.63, 3.8) is 0 Å².